The Labute approximate surface area is 59.4 Å². The van der Waals surface area contributed by atoms with Crippen LogP contribution >= 0.6 is 0 Å². The fourth-order valence-corrected chi connectivity index (χ4v) is 0.510. The van der Waals surface area contributed by atoms with E-state index in [4.69, 9.17) is 4.74 Å². The van der Waals surface area contributed by atoms with E-state index in [-0.39, 0.29) is 0 Å². The molecule has 1 rings (SSSR count). The van der Waals surface area contributed by atoms with Crippen molar-refractivity contribution in [3.63, 3.8) is 0 Å². The van der Waals surface area contributed by atoms with Crippen LogP contribution in [0.5, 0.6) is 0 Å². The lowest BCUT2D eigenvalue weighted by Gasteiger charge is -1.76. The molecular formula is C8H20O. The minimum atomic E-state index is 1.00. The maximum Gasteiger partial charge on any atom is 0.0466 e. The van der Waals surface area contributed by atoms with Crippen LogP contribution in [0.25, 0.3) is 0 Å². The molecule has 0 aromatic heterocycles. The molecule has 0 radical (unpaired) electrons. The molecule has 1 aliphatic heterocycles. The van der Waals surface area contributed by atoms with Crippen LogP contribution in [-0.4, -0.2) is 13.2 Å². The fraction of sp³-hybridized carbons (Fsp3) is 1.00. The van der Waals surface area contributed by atoms with Crippen LogP contribution in [0.2, 0.25) is 0 Å². The molecule has 0 N–H and O–H groups in total. The van der Waals surface area contributed by atoms with Gasteiger partial charge in [0, 0.05) is 13.2 Å². The van der Waals surface area contributed by atoms with Crippen molar-refractivity contribution in [3.05, 3.63) is 0 Å². The summed E-state index contributed by atoms with van der Waals surface area (Å²) < 4.78 is 4.94. The third-order valence-electron chi connectivity index (χ3n) is 0.827. The Balaban J connectivity index is 0. The summed E-state index contributed by atoms with van der Waals surface area (Å²) in [6, 6.07) is 0. The summed E-state index contributed by atoms with van der Waals surface area (Å²) >= 11 is 0. The van der Waals surface area contributed by atoms with Crippen LogP contribution in [0.3, 0.4) is 0 Å². The van der Waals surface area contributed by atoms with Crippen molar-refractivity contribution in [3.8, 4) is 0 Å². The van der Waals surface area contributed by atoms with E-state index in [0.29, 0.717) is 0 Å². The molecule has 0 unspecified atom stereocenters. The monoisotopic (exact) mass is 132 g/mol. The molecular weight excluding hydrogens is 112 g/mol. The smallest absolute Gasteiger partial charge is 0.0466 e. The zero-order valence-electron chi connectivity index (χ0n) is 7.24. The Bertz CT molecular complexity index is 16.1. The van der Waals surface area contributed by atoms with Gasteiger partial charge in [0.25, 0.3) is 0 Å². The topological polar surface area (TPSA) is 9.23 Å². The van der Waals surface area contributed by atoms with E-state index in [0.717, 1.165) is 13.2 Å². The number of rotatable bonds is 0. The molecule has 0 spiro atoms. The molecule has 9 heavy (non-hydrogen) atoms. The van der Waals surface area contributed by atoms with Crippen LogP contribution in [0, 0.1) is 0 Å². The summed E-state index contributed by atoms with van der Waals surface area (Å²) in [4.78, 5) is 0. The molecule has 0 bridgehead atoms. The minimum absolute atomic E-state index is 1.00. The van der Waals surface area contributed by atoms with Crippen LogP contribution in [0.4, 0.5) is 0 Å². The second-order valence-electron chi connectivity index (χ2n) is 1.32. The third kappa shape index (κ3) is 11.5. The average molecular weight is 132 g/mol. The first kappa shape index (κ1) is 11.7. The lowest BCUT2D eigenvalue weighted by Crippen LogP contribution is -1.74. The van der Waals surface area contributed by atoms with E-state index in [2.05, 4.69) is 0 Å². The highest BCUT2D eigenvalue weighted by Crippen LogP contribution is 1.98. The molecule has 1 heteroatoms. The number of hydrogen-bond donors (Lipinski definition) is 0. The summed E-state index contributed by atoms with van der Waals surface area (Å²) in [6.07, 6.45) is 2.56. The minimum Gasteiger partial charge on any atom is -0.381 e. The molecule has 0 aliphatic carbocycles. The first-order valence-electron chi connectivity index (χ1n) is 4.08. The summed E-state index contributed by atoms with van der Waals surface area (Å²) in [7, 11) is 0. The highest BCUT2D eigenvalue weighted by atomic mass is 16.5. The summed E-state index contributed by atoms with van der Waals surface area (Å²) in [6.45, 7) is 10.0. The van der Waals surface area contributed by atoms with Crippen molar-refractivity contribution in [1.82, 2.24) is 0 Å². The molecule has 0 aromatic rings. The first-order chi connectivity index (χ1) is 4.50. The van der Waals surface area contributed by atoms with Gasteiger partial charge in [-0.3, -0.25) is 0 Å². The quantitative estimate of drug-likeness (QED) is 0.492. The molecule has 0 atom stereocenters. The fourth-order valence-electron chi connectivity index (χ4n) is 0.510. The Morgan fingerprint density at radius 2 is 1.11 bits per heavy atom. The molecule has 1 saturated heterocycles. The van der Waals surface area contributed by atoms with E-state index >= 15 is 0 Å². The predicted octanol–water partition coefficient (Wildman–Crippen LogP) is 2.85. The van der Waals surface area contributed by atoms with Crippen molar-refractivity contribution in [2.45, 2.75) is 40.5 Å². The van der Waals surface area contributed by atoms with Crippen molar-refractivity contribution >= 4 is 0 Å². The predicted molar refractivity (Wildman–Crippen MR) is 42.7 cm³/mol. The molecule has 1 fully saturated rings. The Kier molecular flexibility index (Phi) is 20.4. The Morgan fingerprint density at radius 3 is 1.22 bits per heavy atom. The van der Waals surface area contributed by atoms with E-state index < -0.39 is 0 Å². The van der Waals surface area contributed by atoms with Crippen molar-refractivity contribution in [2.75, 3.05) is 13.2 Å². The maximum absolute atomic E-state index is 4.94. The van der Waals surface area contributed by atoms with Gasteiger partial charge in [0.2, 0.25) is 0 Å². The number of ether oxygens (including phenoxy) is 1. The number of hydrogen-bond acceptors (Lipinski definition) is 1. The lowest BCUT2D eigenvalue weighted by atomic mass is 10.4. The van der Waals surface area contributed by atoms with E-state index in [1.165, 1.54) is 12.8 Å². The molecule has 0 aromatic carbocycles. The Hall–Kier alpha value is -0.0400. The van der Waals surface area contributed by atoms with Gasteiger partial charge in [0.1, 0.15) is 0 Å². The standard InChI is InChI=1S/C4H8O.2C2H6/c1-2-4-5-3-1;2*1-2/h1-4H2;2*1-2H3. The molecule has 1 heterocycles. The van der Waals surface area contributed by atoms with Gasteiger partial charge in [-0.25, -0.2) is 0 Å². The van der Waals surface area contributed by atoms with E-state index in [1.807, 2.05) is 27.7 Å². The van der Waals surface area contributed by atoms with Crippen LogP contribution in [0.15, 0.2) is 0 Å². The van der Waals surface area contributed by atoms with Gasteiger partial charge in [0.05, 0.1) is 0 Å². The maximum atomic E-state index is 4.94. The van der Waals surface area contributed by atoms with Gasteiger partial charge in [-0.2, -0.15) is 0 Å². The van der Waals surface area contributed by atoms with Gasteiger partial charge in [-0.05, 0) is 12.8 Å². The van der Waals surface area contributed by atoms with Crippen LogP contribution in [-0.2, 0) is 4.74 Å². The SMILES string of the molecule is C1CCOC1.CC.CC. The van der Waals surface area contributed by atoms with Crippen molar-refractivity contribution < 1.29 is 4.74 Å². The van der Waals surface area contributed by atoms with E-state index in [9.17, 15) is 0 Å². The van der Waals surface area contributed by atoms with Gasteiger partial charge < -0.3 is 4.74 Å². The summed E-state index contributed by atoms with van der Waals surface area (Å²) in [5, 5.41) is 0. The first-order valence-corrected chi connectivity index (χ1v) is 4.08. The second-order valence-corrected chi connectivity index (χ2v) is 1.32. The summed E-state index contributed by atoms with van der Waals surface area (Å²) in [5.74, 6) is 0. The lowest BCUT2D eigenvalue weighted by molar-refractivity contribution is 0.198. The van der Waals surface area contributed by atoms with Crippen molar-refractivity contribution in [1.29, 1.82) is 0 Å². The molecule has 0 saturated carbocycles. The second kappa shape index (κ2) is 15.7. The molecule has 0 amide bonds. The highest BCUT2D eigenvalue weighted by molar-refractivity contribution is 4.43. The summed E-state index contributed by atoms with van der Waals surface area (Å²) in [5.41, 5.74) is 0. The van der Waals surface area contributed by atoms with Crippen LogP contribution < -0.4 is 0 Å². The average Bonchev–Trinajstić information content (AvgIpc) is 2.51. The van der Waals surface area contributed by atoms with Gasteiger partial charge >= 0.3 is 0 Å². The molecule has 1 aliphatic rings. The highest BCUT2D eigenvalue weighted by Gasteiger charge is 1.94. The molecule has 58 valence electrons. The van der Waals surface area contributed by atoms with Gasteiger partial charge in [0.15, 0.2) is 0 Å². The third-order valence-corrected chi connectivity index (χ3v) is 0.827. The normalized spacial score (nSPS) is 14.7. The zero-order valence-corrected chi connectivity index (χ0v) is 7.24. The Morgan fingerprint density at radius 1 is 0.778 bits per heavy atom. The van der Waals surface area contributed by atoms with E-state index in [1.54, 1.807) is 0 Å². The molecule has 1 nitrogen and oxygen atoms in total. The van der Waals surface area contributed by atoms with Gasteiger partial charge in [-0.1, -0.05) is 27.7 Å². The van der Waals surface area contributed by atoms with Crippen LogP contribution in [0.1, 0.15) is 40.5 Å². The zero-order chi connectivity index (χ0) is 7.54. The largest absolute Gasteiger partial charge is 0.381 e. The van der Waals surface area contributed by atoms with Crippen molar-refractivity contribution in [2.24, 2.45) is 0 Å². The van der Waals surface area contributed by atoms with Gasteiger partial charge in [-0.15, -0.1) is 0 Å².